The fourth-order valence-electron chi connectivity index (χ4n) is 1.62. The molecule has 7 nitrogen and oxygen atoms in total. The molecule has 0 saturated heterocycles. The molecule has 0 aliphatic rings. The molecule has 2 amide bonds. The molecule has 23 heavy (non-hydrogen) atoms. The number of carboxylic acids is 1. The summed E-state index contributed by atoms with van der Waals surface area (Å²) in [5.41, 5.74) is 0.0113. The number of rotatable bonds is 5. The second-order valence-electron chi connectivity index (χ2n) is 4.70. The van der Waals surface area contributed by atoms with Crippen molar-refractivity contribution in [3.63, 3.8) is 0 Å². The summed E-state index contributed by atoms with van der Waals surface area (Å²) in [4.78, 5) is 24.3. The predicted molar refractivity (Wildman–Crippen MR) is 82.5 cm³/mol. The molecule has 1 heterocycles. The Kier molecular flexibility index (Phi) is 5.12. The van der Waals surface area contributed by atoms with Crippen molar-refractivity contribution in [3.8, 4) is 5.88 Å². The van der Waals surface area contributed by atoms with Crippen LogP contribution in [0.1, 0.15) is 15.9 Å². The summed E-state index contributed by atoms with van der Waals surface area (Å²) < 4.78 is 22.7. The van der Waals surface area contributed by atoms with Crippen LogP contribution < -0.4 is 10.1 Å². The van der Waals surface area contributed by atoms with Gasteiger partial charge in [-0.25, -0.2) is 14.0 Å². The first-order chi connectivity index (χ1) is 10.9. The van der Waals surface area contributed by atoms with Crippen LogP contribution in [0.3, 0.4) is 0 Å². The molecule has 1 aromatic carbocycles. The molecular formula is C14H14FN3O4S. The van der Waals surface area contributed by atoms with Gasteiger partial charge in [0, 0.05) is 19.7 Å². The van der Waals surface area contributed by atoms with Gasteiger partial charge in [0.1, 0.15) is 17.4 Å². The number of carboxylic acid groups (broad SMARTS) is 1. The van der Waals surface area contributed by atoms with Gasteiger partial charge in [-0.1, -0.05) is 18.2 Å². The molecule has 0 fully saturated rings. The van der Waals surface area contributed by atoms with E-state index >= 15 is 0 Å². The average Bonchev–Trinajstić information content (AvgIpc) is 2.89. The molecule has 0 unspecified atom stereocenters. The fraction of sp³-hybridized carbons (Fsp3) is 0.214. The number of benzene rings is 1. The fourth-order valence-corrected chi connectivity index (χ4v) is 2.34. The lowest BCUT2D eigenvalue weighted by Gasteiger charge is -2.11. The Morgan fingerprint density at radius 2 is 2.09 bits per heavy atom. The highest BCUT2D eigenvalue weighted by Crippen LogP contribution is 2.31. The zero-order chi connectivity index (χ0) is 17.0. The highest BCUT2D eigenvalue weighted by atomic mass is 32.1. The molecule has 0 aliphatic carbocycles. The molecule has 2 rings (SSSR count). The lowest BCUT2D eigenvalue weighted by Crippen LogP contribution is -2.27. The Balaban J connectivity index is 2.19. The van der Waals surface area contributed by atoms with Gasteiger partial charge < -0.3 is 14.7 Å². The van der Waals surface area contributed by atoms with Gasteiger partial charge >= 0.3 is 12.0 Å². The molecule has 2 aromatic rings. The van der Waals surface area contributed by atoms with Crippen molar-refractivity contribution in [3.05, 3.63) is 41.2 Å². The van der Waals surface area contributed by atoms with Gasteiger partial charge in [0.2, 0.25) is 5.88 Å². The monoisotopic (exact) mass is 339 g/mol. The van der Waals surface area contributed by atoms with Gasteiger partial charge in [-0.2, -0.15) is 4.37 Å². The van der Waals surface area contributed by atoms with E-state index in [2.05, 4.69) is 9.69 Å². The van der Waals surface area contributed by atoms with Gasteiger partial charge in [-0.3, -0.25) is 5.32 Å². The molecule has 122 valence electrons. The zero-order valence-corrected chi connectivity index (χ0v) is 13.2. The number of carbonyl (C=O) groups excluding carboxylic acids is 1. The molecular weight excluding hydrogens is 325 g/mol. The maximum Gasteiger partial charge on any atom is 0.344 e. The topological polar surface area (TPSA) is 91.8 Å². The van der Waals surface area contributed by atoms with E-state index in [4.69, 9.17) is 4.74 Å². The van der Waals surface area contributed by atoms with E-state index in [0.29, 0.717) is 0 Å². The number of nitrogens with one attached hydrogen (secondary N) is 1. The van der Waals surface area contributed by atoms with Crippen LogP contribution in [0.5, 0.6) is 5.88 Å². The molecule has 2 N–H and O–H groups in total. The highest BCUT2D eigenvalue weighted by Gasteiger charge is 2.24. The minimum absolute atomic E-state index is 0.0553. The third-order valence-corrected chi connectivity index (χ3v) is 3.57. The van der Waals surface area contributed by atoms with Gasteiger partial charge in [0.25, 0.3) is 0 Å². The van der Waals surface area contributed by atoms with Gasteiger partial charge in [-0.15, -0.1) is 0 Å². The number of urea groups is 1. The molecule has 0 saturated carbocycles. The number of amides is 2. The van der Waals surface area contributed by atoms with Crippen molar-refractivity contribution in [1.29, 1.82) is 0 Å². The van der Waals surface area contributed by atoms with Crippen molar-refractivity contribution in [1.82, 2.24) is 9.27 Å². The average molecular weight is 339 g/mol. The van der Waals surface area contributed by atoms with E-state index in [9.17, 15) is 19.1 Å². The first kappa shape index (κ1) is 16.7. The summed E-state index contributed by atoms with van der Waals surface area (Å²) in [6, 6.07) is 5.50. The van der Waals surface area contributed by atoms with E-state index in [-0.39, 0.29) is 28.6 Å². The second-order valence-corrected chi connectivity index (χ2v) is 5.48. The van der Waals surface area contributed by atoms with E-state index < -0.39 is 17.8 Å². The van der Waals surface area contributed by atoms with Crippen LogP contribution in [-0.2, 0) is 6.61 Å². The second kappa shape index (κ2) is 7.05. The summed E-state index contributed by atoms with van der Waals surface area (Å²) in [6.07, 6.45) is 0. The van der Waals surface area contributed by atoms with Crippen LogP contribution in [0.15, 0.2) is 24.3 Å². The Bertz CT molecular complexity index is 733. The Hall–Kier alpha value is -2.68. The number of aromatic carboxylic acids is 1. The number of nitrogens with zero attached hydrogens (tertiary/aromatic N) is 2. The molecule has 0 aliphatic heterocycles. The smallest absolute Gasteiger partial charge is 0.344 e. The van der Waals surface area contributed by atoms with Crippen molar-refractivity contribution in [2.45, 2.75) is 6.61 Å². The van der Waals surface area contributed by atoms with Gasteiger partial charge in [0.05, 0.1) is 0 Å². The number of anilines is 1. The van der Waals surface area contributed by atoms with Gasteiger partial charge in [-0.05, 0) is 17.6 Å². The quantitative estimate of drug-likeness (QED) is 0.874. The minimum Gasteiger partial charge on any atom is -0.477 e. The Labute approximate surface area is 135 Å². The lowest BCUT2D eigenvalue weighted by atomic mass is 10.2. The van der Waals surface area contributed by atoms with Gasteiger partial charge in [0.15, 0.2) is 5.56 Å². The molecule has 9 heteroatoms. The summed E-state index contributed by atoms with van der Waals surface area (Å²) in [7, 11) is 3.04. The first-order valence-corrected chi connectivity index (χ1v) is 7.25. The maximum absolute atomic E-state index is 13.5. The van der Waals surface area contributed by atoms with Crippen LogP contribution >= 0.6 is 11.5 Å². The minimum atomic E-state index is -1.30. The number of halogens is 1. The zero-order valence-electron chi connectivity index (χ0n) is 12.4. The van der Waals surface area contributed by atoms with E-state index in [1.165, 1.54) is 31.1 Å². The standard InChI is InChI=1S/C14H14FN3O4S/c1-18(2)14(21)16-12-10(13(19)20)11(17-23-12)22-7-8-5-3-4-6-9(8)15/h3-6H,7H2,1-2H3,(H,16,21)(H,19,20). The van der Waals surface area contributed by atoms with E-state index in [0.717, 1.165) is 11.5 Å². The van der Waals surface area contributed by atoms with E-state index in [1.807, 2.05) is 0 Å². The lowest BCUT2D eigenvalue weighted by molar-refractivity contribution is 0.0693. The Morgan fingerprint density at radius 3 is 2.70 bits per heavy atom. The summed E-state index contributed by atoms with van der Waals surface area (Å²) in [5.74, 6) is -1.92. The number of hydrogen-bond donors (Lipinski definition) is 2. The van der Waals surface area contributed by atoms with E-state index in [1.54, 1.807) is 12.1 Å². The van der Waals surface area contributed by atoms with Crippen LogP contribution in [-0.4, -0.2) is 40.5 Å². The summed E-state index contributed by atoms with van der Waals surface area (Å²) in [5, 5.41) is 11.8. The first-order valence-electron chi connectivity index (χ1n) is 6.47. The molecule has 0 radical (unpaired) electrons. The van der Waals surface area contributed by atoms with Crippen molar-refractivity contribution in [2.24, 2.45) is 0 Å². The number of carbonyl (C=O) groups is 2. The van der Waals surface area contributed by atoms with Crippen molar-refractivity contribution >= 4 is 28.5 Å². The van der Waals surface area contributed by atoms with Crippen molar-refractivity contribution < 1.29 is 23.8 Å². The van der Waals surface area contributed by atoms with Crippen LogP contribution in [0.25, 0.3) is 0 Å². The third kappa shape index (κ3) is 3.95. The third-order valence-electron chi connectivity index (χ3n) is 2.82. The SMILES string of the molecule is CN(C)C(=O)Nc1snc(OCc2ccccc2F)c1C(=O)O. The largest absolute Gasteiger partial charge is 0.477 e. The Morgan fingerprint density at radius 1 is 1.39 bits per heavy atom. The predicted octanol–water partition coefficient (Wildman–Crippen LogP) is 2.65. The molecule has 1 aromatic heterocycles. The normalized spacial score (nSPS) is 10.2. The summed E-state index contributed by atoms with van der Waals surface area (Å²) >= 11 is 0.781. The van der Waals surface area contributed by atoms with Crippen molar-refractivity contribution in [2.75, 3.05) is 19.4 Å². The summed E-state index contributed by atoms with van der Waals surface area (Å²) in [6.45, 7) is -0.169. The molecule has 0 spiro atoms. The van der Waals surface area contributed by atoms with Crippen LogP contribution in [0, 0.1) is 5.82 Å². The van der Waals surface area contributed by atoms with Crippen LogP contribution in [0.2, 0.25) is 0 Å². The maximum atomic E-state index is 13.5. The number of ether oxygens (including phenoxy) is 1. The molecule has 0 bridgehead atoms. The number of hydrogen-bond acceptors (Lipinski definition) is 5. The number of aromatic nitrogens is 1. The van der Waals surface area contributed by atoms with Crippen LogP contribution in [0.4, 0.5) is 14.2 Å². The molecule has 0 atom stereocenters. The highest BCUT2D eigenvalue weighted by molar-refractivity contribution is 7.11.